The van der Waals surface area contributed by atoms with E-state index in [-0.39, 0.29) is 5.91 Å². The van der Waals surface area contributed by atoms with Gasteiger partial charge in [-0.2, -0.15) is 5.10 Å². The molecular weight excluding hydrogens is 454 g/mol. The normalized spacial score (nSPS) is 16.2. The molecular formula is C25H30ClN5OS. The molecule has 2 N–H and O–H groups in total. The van der Waals surface area contributed by atoms with Crippen molar-refractivity contribution < 1.29 is 4.79 Å². The first-order valence-electron chi connectivity index (χ1n) is 11.7. The lowest BCUT2D eigenvalue weighted by atomic mass is 9.94. The van der Waals surface area contributed by atoms with Crippen molar-refractivity contribution in [1.82, 2.24) is 19.6 Å². The van der Waals surface area contributed by atoms with Crippen molar-refractivity contribution in [3.8, 4) is 16.9 Å². The molecule has 33 heavy (non-hydrogen) atoms. The van der Waals surface area contributed by atoms with E-state index in [1.807, 2.05) is 21.7 Å². The fourth-order valence-corrected chi connectivity index (χ4v) is 5.90. The number of rotatable bonds is 5. The summed E-state index contributed by atoms with van der Waals surface area (Å²) in [5.41, 5.74) is 11.0. The molecule has 0 atom stereocenters. The SMILES string of the molecule is CC(C)CCN1CCN(C(=O)c2nn(-c3ccc(N)cc3Cl)c3c2CCc2sccc2-3)CC1. The third-order valence-corrected chi connectivity index (χ3v) is 7.95. The molecule has 174 valence electrons. The number of hydrogen-bond donors (Lipinski definition) is 1. The predicted octanol–water partition coefficient (Wildman–Crippen LogP) is 4.74. The zero-order valence-corrected chi connectivity index (χ0v) is 20.8. The quantitative estimate of drug-likeness (QED) is 0.532. The van der Waals surface area contributed by atoms with Crippen LogP contribution in [0.15, 0.2) is 29.6 Å². The third kappa shape index (κ3) is 4.29. The zero-order chi connectivity index (χ0) is 23.1. The molecule has 6 nitrogen and oxygen atoms in total. The number of benzene rings is 1. The molecule has 1 fully saturated rings. The van der Waals surface area contributed by atoms with Crippen LogP contribution >= 0.6 is 22.9 Å². The van der Waals surface area contributed by atoms with Gasteiger partial charge in [0, 0.05) is 47.9 Å². The van der Waals surface area contributed by atoms with Gasteiger partial charge in [-0.15, -0.1) is 11.3 Å². The average molecular weight is 484 g/mol. The van der Waals surface area contributed by atoms with Crippen LogP contribution in [0.1, 0.15) is 41.2 Å². The number of nitrogens with two attached hydrogens (primary N) is 1. The largest absolute Gasteiger partial charge is 0.399 e. The number of aromatic nitrogens is 2. The van der Waals surface area contributed by atoms with Crippen molar-refractivity contribution in [3.63, 3.8) is 0 Å². The maximum Gasteiger partial charge on any atom is 0.274 e. The van der Waals surface area contributed by atoms with Gasteiger partial charge in [-0.05, 0) is 61.4 Å². The van der Waals surface area contributed by atoms with Crippen molar-refractivity contribution >= 4 is 34.5 Å². The van der Waals surface area contributed by atoms with E-state index in [0.29, 0.717) is 22.3 Å². The number of thiophene rings is 1. The first-order valence-corrected chi connectivity index (χ1v) is 12.9. The molecule has 2 aromatic heterocycles. The van der Waals surface area contributed by atoms with E-state index in [9.17, 15) is 4.79 Å². The molecule has 1 aliphatic carbocycles. The molecule has 1 saturated heterocycles. The van der Waals surface area contributed by atoms with E-state index in [4.69, 9.17) is 22.4 Å². The van der Waals surface area contributed by atoms with Crippen LogP contribution in [-0.2, 0) is 12.8 Å². The number of carbonyl (C=O) groups is 1. The Bertz CT molecular complexity index is 1180. The maximum atomic E-state index is 13.7. The van der Waals surface area contributed by atoms with Crippen LogP contribution < -0.4 is 5.73 Å². The van der Waals surface area contributed by atoms with E-state index in [1.165, 1.54) is 11.3 Å². The molecule has 0 radical (unpaired) electrons. The Balaban J connectivity index is 1.48. The van der Waals surface area contributed by atoms with Crippen molar-refractivity contribution in [3.05, 3.63) is 50.8 Å². The Morgan fingerprint density at radius 3 is 2.70 bits per heavy atom. The summed E-state index contributed by atoms with van der Waals surface area (Å²) in [6.07, 6.45) is 2.94. The summed E-state index contributed by atoms with van der Waals surface area (Å²) in [5, 5.41) is 7.51. The van der Waals surface area contributed by atoms with Gasteiger partial charge < -0.3 is 10.6 Å². The minimum Gasteiger partial charge on any atom is -0.399 e. The highest BCUT2D eigenvalue weighted by Crippen LogP contribution is 2.40. The summed E-state index contributed by atoms with van der Waals surface area (Å²) < 4.78 is 1.86. The molecule has 3 aromatic rings. The molecule has 0 bridgehead atoms. The highest BCUT2D eigenvalue weighted by molar-refractivity contribution is 7.10. The summed E-state index contributed by atoms with van der Waals surface area (Å²) in [6, 6.07) is 7.57. The number of nitrogens with zero attached hydrogens (tertiary/aromatic N) is 4. The second-order valence-corrected chi connectivity index (χ2v) is 10.8. The number of anilines is 1. The van der Waals surface area contributed by atoms with Crippen molar-refractivity contribution in [2.75, 3.05) is 38.5 Å². The van der Waals surface area contributed by atoms with E-state index in [1.54, 1.807) is 17.4 Å². The lowest BCUT2D eigenvalue weighted by Crippen LogP contribution is -2.49. The van der Waals surface area contributed by atoms with Gasteiger partial charge in [0.1, 0.15) is 0 Å². The Labute approximate surface area is 203 Å². The molecule has 1 amide bonds. The van der Waals surface area contributed by atoms with E-state index in [2.05, 4.69) is 30.2 Å². The molecule has 3 heterocycles. The fourth-order valence-electron chi connectivity index (χ4n) is 4.75. The predicted molar refractivity (Wildman–Crippen MR) is 136 cm³/mol. The Morgan fingerprint density at radius 2 is 1.97 bits per heavy atom. The van der Waals surface area contributed by atoms with Crippen LogP contribution in [0.5, 0.6) is 0 Å². The number of aryl methyl sites for hydroxylation is 1. The second-order valence-electron chi connectivity index (χ2n) is 9.37. The molecule has 8 heteroatoms. The average Bonchev–Trinajstić information content (AvgIpc) is 3.42. The molecule has 0 unspecified atom stereocenters. The highest BCUT2D eigenvalue weighted by Gasteiger charge is 2.33. The summed E-state index contributed by atoms with van der Waals surface area (Å²) in [5.74, 6) is 0.723. The van der Waals surface area contributed by atoms with Crippen LogP contribution in [0.3, 0.4) is 0 Å². The lowest BCUT2D eigenvalue weighted by Gasteiger charge is -2.34. The molecule has 0 saturated carbocycles. The van der Waals surface area contributed by atoms with Gasteiger partial charge in [-0.25, -0.2) is 4.68 Å². The molecule has 1 aromatic carbocycles. The number of amides is 1. The smallest absolute Gasteiger partial charge is 0.274 e. The van der Waals surface area contributed by atoms with Gasteiger partial charge in [0.2, 0.25) is 0 Å². The van der Waals surface area contributed by atoms with Crippen LogP contribution in [0.25, 0.3) is 16.9 Å². The zero-order valence-electron chi connectivity index (χ0n) is 19.2. The minimum atomic E-state index is 0.0266. The van der Waals surface area contributed by atoms with Crippen LogP contribution in [0.2, 0.25) is 5.02 Å². The van der Waals surface area contributed by atoms with Crippen LogP contribution in [0, 0.1) is 5.92 Å². The van der Waals surface area contributed by atoms with E-state index >= 15 is 0 Å². The van der Waals surface area contributed by atoms with Crippen LogP contribution in [0.4, 0.5) is 5.69 Å². The minimum absolute atomic E-state index is 0.0266. The first kappa shape index (κ1) is 22.4. The number of nitrogen functional groups attached to an aromatic ring is 1. The van der Waals surface area contributed by atoms with Crippen molar-refractivity contribution in [1.29, 1.82) is 0 Å². The van der Waals surface area contributed by atoms with Gasteiger partial charge in [0.05, 0.1) is 16.4 Å². The van der Waals surface area contributed by atoms with Gasteiger partial charge in [0.25, 0.3) is 5.91 Å². The van der Waals surface area contributed by atoms with Crippen molar-refractivity contribution in [2.24, 2.45) is 5.92 Å². The van der Waals surface area contributed by atoms with Gasteiger partial charge in [-0.3, -0.25) is 9.69 Å². The molecule has 2 aliphatic rings. The number of hydrogen-bond acceptors (Lipinski definition) is 5. The third-order valence-electron chi connectivity index (χ3n) is 6.67. The van der Waals surface area contributed by atoms with Gasteiger partial charge >= 0.3 is 0 Å². The first-order chi connectivity index (χ1) is 15.9. The fraction of sp³-hybridized carbons (Fsp3) is 0.440. The number of piperazine rings is 1. The van der Waals surface area contributed by atoms with Gasteiger partial charge in [0.15, 0.2) is 5.69 Å². The lowest BCUT2D eigenvalue weighted by molar-refractivity contribution is 0.0624. The number of fused-ring (bicyclic) bond motifs is 3. The number of carbonyl (C=O) groups excluding carboxylic acids is 1. The van der Waals surface area contributed by atoms with Crippen LogP contribution in [-0.4, -0.2) is 58.2 Å². The molecule has 0 spiro atoms. The van der Waals surface area contributed by atoms with E-state index < -0.39 is 0 Å². The van der Waals surface area contributed by atoms with E-state index in [0.717, 1.165) is 68.1 Å². The van der Waals surface area contributed by atoms with Crippen molar-refractivity contribution in [2.45, 2.75) is 33.1 Å². The number of halogens is 1. The molecule has 5 rings (SSSR count). The topological polar surface area (TPSA) is 67.4 Å². The summed E-state index contributed by atoms with van der Waals surface area (Å²) in [7, 11) is 0. The Morgan fingerprint density at radius 1 is 1.18 bits per heavy atom. The van der Waals surface area contributed by atoms with Gasteiger partial charge in [-0.1, -0.05) is 25.4 Å². The maximum absolute atomic E-state index is 13.7. The second kappa shape index (κ2) is 9.12. The standard InChI is InChI=1S/C25H30ClN5OS/c1-16(2)7-9-29-10-12-30(13-11-29)25(32)23-19-4-6-22-18(8-14-33-22)24(19)31(28-23)21-5-3-17(27)15-20(21)26/h3,5,8,14-16H,4,6-7,9-13,27H2,1-2H3. The monoisotopic (exact) mass is 483 g/mol. The highest BCUT2D eigenvalue weighted by atomic mass is 35.5. The Kier molecular flexibility index (Phi) is 6.20. The molecule has 1 aliphatic heterocycles. The summed E-state index contributed by atoms with van der Waals surface area (Å²) >= 11 is 8.33. The Hall–Kier alpha value is -2.35. The summed E-state index contributed by atoms with van der Waals surface area (Å²) in [4.78, 5) is 19.4. The summed E-state index contributed by atoms with van der Waals surface area (Å²) in [6.45, 7) is 8.92.